The largest absolute Gasteiger partial charge is 0.417 e. The second-order valence-electron chi connectivity index (χ2n) is 4.30. The van der Waals surface area contributed by atoms with Crippen LogP contribution in [0.1, 0.15) is 39.5 Å². The first kappa shape index (κ1) is 16.0. The van der Waals surface area contributed by atoms with Crippen molar-refractivity contribution in [2.24, 2.45) is 0 Å². The number of halogens is 3. The number of aromatic nitrogens is 3. The molecule has 2 rings (SSSR count). The fraction of sp³-hybridized carbons (Fsp3) is 0.308. The van der Waals surface area contributed by atoms with Crippen molar-refractivity contribution in [3.8, 4) is 6.07 Å². The maximum Gasteiger partial charge on any atom is 0.417 e. The molecule has 0 aliphatic heterocycles. The molecule has 0 spiro atoms. The highest BCUT2D eigenvalue weighted by Crippen LogP contribution is 2.30. The fourth-order valence-electron chi connectivity index (χ4n) is 1.76. The molecule has 0 saturated heterocycles. The highest BCUT2D eigenvalue weighted by atomic mass is 32.1. The zero-order valence-electron chi connectivity index (χ0n) is 11.3. The number of Topliss-reactive ketones (excluding diaryl/α,β-unsaturated/α-hetero) is 1. The third-order valence-electron chi connectivity index (χ3n) is 2.92. The molecule has 22 heavy (non-hydrogen) atoms. The Kier molecular flexibility index (Phi) is 4.51. The van der Waals surface area contributed by atoms with Crippen LogP contribution in [0.4, 0.5) is 13.2 Å². The van der Waals surface area contributed by atoms with E-state index in [1.54, 1.807) is 13.0 Å². The van der Waals surface area contributed by atoms with Crippen molar-refractivity contribution >= 4 is 17.3 Å². The highest BCUT2D eigenvalue weighted by molar-refractivity contribution is 7.08. The Bertz CT molecular complexity index is 718. The molecule has 1 atom stereocenters. The molecular formula is C13H9F3N4OS. The van der Waals surface area contributed by atoms with Gasteiger partial charge in [0.15, 0.2) is 11.7 Å². The number of hydrogen-bond donors (Lipinski definition) is 0. The molecule has 2 aromatic rings. The average molecular weight is 326 g/mol. The van der Waals surface area contributed by atoms with E-state index in [4.69, 9.17) is 0 Å². The molecule has 0 amide bonds. The maximum absolute atomic E-state index is 12.5. The van der Waals surface area contributed by atoms with Crippen molar-refractivity contribution in [1.29, 1.82) is 5.26 Å². The van der Waals surface area contributed by atoms with Crippen LogP contribution in [-0.4, -0.2) is 20.4 Å². The van der Waals surface area contributed by atoms with Gasteiger partial charge in [-0.3, -0.25) is 9.78 Å². The first-order valence-electron chi connectivity index (χ1n) is 6.16. The minimum Gasteiger partial charge on any atom is -0.291 e. The van der Waals surface area contributed by atoms with Crippen molar-refractivity contribution in [1.82, 2.24) is 14.6 Å². The van der Waals surface area contributed by atoms with E-state index in [9.17, 15) is 23.2 Å². The van der Waals surface area contributed by atoms with Gasteiger partial charge in [0.2, 0.25) is 0 Å². The molecule has 9 heteroatoms. The number of ketones is 1. The molecule has 0 N–H and O–H groups in total. The van der Waals surface area contributed by atoms with Crippen LogP contribution in [-0.2, 0) is 12.6 Å². The van der Waals surface area contributed by atoms with Crippen molar-refractivity contribution in [3.05, 3.63) is 40.2 Å². The number of alkyl halides is 3. The lowest BCUT2D eigenvalue weighted by molar-refractivity contribution is -0.137. The van der Waals surface area contributed by atoms with Crippen LogP contribution < -0.4 is 0 Å². The van der Waals surface area contributed by atoms with Gasteiger partial charge in [-0.05, 0) is 30.1 Å². The van der Waals surface area contributed by atoms with Gasteiger partial charge in [-0.2, -0.15) is 18.4 Å². The zero-order chi connectivity index (χ0) is 16.3. The molecule has 0 fully saturated rings. The molecule has 0 aromatic carbocycles. The Morgan fingerprint density at radius 3 is 2.68 bits per heavy atom. The van der Waals surface area contributed by atoms with Gasteiger partial charge in [-0.15, -0.1) is 5.10 Å². The summed E-state index contributed by atoms with van der Waals surface area (Å²) in [4.78, 5) is 16.2. The van der Waals surface area contributed by atoms with Crippen LogP contribution in [0.15, 0.2) is 18.3 Å². The van der Waals surface area contributed by atoms with Gasteiger partial charge < -0.3 is 0 Å². The number of carbonyl (C=O) groups is 1. The van der Waals surface area contributed by atoms with Gasteiger partial charge in [-0.25, -0.2) is 0 Å². The quantitative estimate of drug-likeness (QED) is 0.807. The molecule has 2 aromatic heterocycles. The molecule has 0 bridgehead atoms. The third-order valence-corrected chi connectivity index (χ3v) is 3.70. The SMILES string of the molecule is CCc1nnsc1C(=O)[C@H](C#N)c1ccc(C(F)(F)F)cn1. The molecule has 0 radical (unpaired) electrons. The number of hydrogen-bond acceptors (Lipinski definition) is 6. The summed E-state index contributed by atoms with van der Waals surface area (Å²) in [5, 5.41) is 13.0. The monoisotopic (exact) mass is 326 g/mol. The van der Waals surface area contributed by atoms with Crippen molar-refractivity contribution in [2.45, 2.75) is 25.4 Å². The lowest BCUT2D eigenvalue weighted by Crippen LogP contribution is -2.14. The molecule has 0 aliphatic carbocycles. The summed E-state index contributed by atoms with van der Waals surface area (Å²) in [5.74, 6) is -1.84. The van der Waals surface area contributed by atoms with Gasteiger partial charge in [0.25, 0.3) is 0 Å². The van der Waals surface area contributed by atoms with Gasteiger partial charge >= 0.3 is 6.18 Å². The number of aryl methyl sites for hydroxylation is 1. The number of rotatable bonds is 4. The minimum atomic E-state index is -4.52. The van der Waals surface area contributed by atoms with Crippen LogP contribution in [0.2, 0.25) is 0 Å². The predicted octanol–water partition coefficient (Wildman–Crippen LogP) is 3.00. The molecule has 0 unspecified atom stereocenters. The standard InChI is InChI=1S/C13H9F3N4OS/c1-2-9-12(22-20-19-9)11(21)8(5-17)10-4-3-7(6-18-10)13(14,15)16/h3-4,6,8H,2H2,1H3/t8-/m1/s1. The van der Waals surface area contributed by atoms with Crippen LogP contribution >= 0.6 is 11.5 Å². The second kappa shape index (κ2) is 6.19. The molecule has 0 saturated carbocycles. The van der Waals surface area contributed by atoms with Crippen LogP contribution in [0.25, 0.3) is 0 Å². The fourth-order valence-corrected chi connectivity index (χ4v) is 2.48. The summed E-state index contributed by atoms with van der Waals surface area (Å²) >= 11 is 0.858. The Labute approximate surface area is 127 Å². The zero-order valence-corrected chi connectivity index (χ0v) is 12.1. The van der Waals surface area contributed by atoms with E-state index >= 15 is 0 Å². The minimum absolute atomic E-state index is 0.0315. The van der Waals surface area contributed by atoms with Crippen molar-refractivity contribution in [2.75, 3.05) is 0 Å². The summed E-state index contributed by atoms with van der Waals surface area (Å²) in [6, 6.07) is 3.61. The summed E-state index contributed by atoms with van der Waals surface area (Å²) in [5.41, 5.74) is -0.507. The van der Waals surface area contributed by atoms with E-state index in [0.29, 0.717) is 18.3 Å². The van der Waals surface area contributed by atoms with E-state index < -0.39 is 23.4 Å². The van der Waals surface area contributed by atoms with Gasteiger partial charge in [0.05, 0.1) is 23.0 Å². The topological polar surface area (TPSA) is 79.5 Å². The summed E-state index contributed by atoms with van der Waals surface area (Å²) in [6.07, 6.45) is -3.44. The first-order chi connectivity index (χ1) is 10.4. The van der Waals surface area contributed by atoms with E-state index in [1.807, 2.05) is 0 Å². The van der Waals surface area contributed by atoms with Crippen LogP contribution in [0.5, 0.6) is 0 Å². The highest BCUT2D eigenvalue weighted by Gasteiger charge is 2.32. The summed E-state index contributed by atoms with van der Waals surface area (Å²) in [6.45, 7) is 1.78. The third kappa shape index (κ3) is 3.12. The normalized spacial score (nSPS) is 12.7. The molecule has 2 heterocycles. The lowest BCUT2D eigenvalue weighted by Gasteiger charge is -2.09. The van der Waals surface area contributed by atoms with E-state index in [0.717, 1.165) is 23.7 Å². The van der Waals surface area contributed by atoms with Crippen molar-refractivity contribution < 1.29 is 18.0 Å². The van der Waals surface area contributed by atoms with Crippen LogP contribution in [0.3, 0.4) is 0 Å². The number of pyridine rings is 1. The lowest BCUT2D eigenvalue weighted by atomic mass is 9.98. The van der Waals surface area contributed by atoms with Crippen LogP contribution in [0, 0.1) is 11.3 Å². The Morgan fingerprint density at radius 1 is 1.45 bits per heavy atom. The van der Waals surface area contributed by atoms with E-state index in [-0.39, 0.29) is 10.6 Å². The smallest absolute Gasteiger partial charge is 0.291 e. The summed E-state index contributed by atoms with van der Waals surface area (Å²) in [7, 11) is 0. The molecule has 5 nitrogen and oxygen atoms in total. The molecular weight excluding hydrogens is 317 g/mol. The maximum atomic E-state index is 12.5. The van der Waals surface area contributed by atoms with Gasteiger partial charge in [0.1, 0.15) is 4.88 Å². The predicted molar refractivity (Wildman–Crippen MR) is 71.2 cm³/mol. The van der Waals surface area contributed by atoms with E-state index in [2.05, 4.69) is 14.6 Å². The average Bonchev–Trinajstić information content (AvgIpc) is 2.96. The molecule has 0 aliphatic rings. The molecule has 114 valence electrons. The Balaban J connectivity index is 2.33. The first-order valence-corrected chi connectivity index (χ1v) is 6.94. The second-order valence-corrected chi connectivity index (χ2v) is 5.05. The van der Waals surface area contributed by atoms with Crippen molar-refractivity contribution in [3.63, 3.8) is 0 Å². The number of carbonyl (C=O) groups excluding carboxylic acids is 1. The Morgan fingerprint density at radius 2 is 2.18 bits per heavy atom. The van der Waals surface area contributed by atoms with Gasteiger partial charge in [0, 0.05) is 6.20 Å². The Hall–Kier alpha value is -2.34. The number of nitriles is 1. The number of nitrogens with zero attached hydrogens (tertiary/aromatic N) is 4. The van der Waals surface area contributed by atoms with Gasteiger partial charge in [-0.1, -0.05) is 11.4 Å². The van der Waals surface area contributed by atoms with E-state index in [1.165, 1.54) is 0 Å². The summed E-state index contributed by atoms with van der Waals surface area (Å²) < 4.78 is 41.2.